The number of hydrogen-bond acceptors (Lipinski definition) is 6. The molecular formula is C15H23N3O5S. The zero-order valence-electron chi connectivity index (χ0n) is 13.9. The van der Waals surface area contributed by atoms with E-state index in [-0.39, 0.29) is 22.8 Å². The van der Waals surface area contributed by atoms with Crippen LogP contribution < -0.4 is 5.32 Å². The molecular weight excluding hydrogens is 334 g/mol. The summed E-state index contributed by atoms with van der Waals surface area (Å²) >= 11 is 0. The predicted molar refractivity (Wildman–Crippen MR) is 90.5 cm³/mol. The van der Waals surface area contributed by atoms with Crippen molar-refractivity contribution >= 4 is 21.4 Å². The topological polar surface area (TPSA) is 113 Å². The van der Waals surface area contributed by atoms with Crippen molar-refractivity contribution in [1.82, 2.24) is 4.31 Å². The Morgan fingerprint density at radius 2 is 1.92 bits per heavy atom. The molecule has 1 saturated heterocycles. The summed E-state index contributed by atoms with van der Waals surface area (Å²) in [7, 11) is -3.73. The molecule has 134 valence electrons. The SMILES string of the molecule is CC(C)(O)CNc1ccc(S(=O)(=O)N2CCCCC2)cc1[N+](=O)[O-]. The molecule has 1 aliphatic heterocycles. The highest BCUT2D eigenvalue weighted by Gasteiger charge is 2.28. The first kappa shape index (κ1) is 18.6. The Balaban J connectivity index is 2.32. The second-order valence-electron chi connectivity index (χ2n) is 6.57. The van der Waals surface area contributed by atoms with E-state index in [0.29, 0.717) is 13.1 Å². The van der Waals surface area contributed by atoms with E-state index in [1.165, 1.54) is 16.4 Å². The molecule has 0 spiro atoms. The summed E-state index contributed by atoms with van der Waals surface area (Å²) in [6, 6.07) is 3.82. The highest BCUT2D eigenvalue weighted by atomic mass is 32.2. The Labute approximate surface area is 141 Å². The second kappa shape index (κ2) is 7.04. The highest BCUT2D eigenvalue weighted by Crippen LogP contribution is 2.30. The van der Waals surface area contributed by atoms with Crippen LogP contribution >= 0.6 is 0 Å². The van der Waals surface area contributed by atoms with Crippen LogP contribution in [0.25, 0.3) is 0 Å². The van der Waals surface area contributed by atoms with Gasteiger partial charge in [-0.25, -0.2) is 8.42 Å². The molecule has 0 radical (unpaired) electrons. The summed E-state index contributed by atoms with van der Waals surface area (Å²) in [4.78, 5) is 10.6. The number of hydrogen-bond donors (Lipinski definition) is 2. The van der Waals surface area contributed by atoms with Gasteiger partial charge in [-0.15, -0.1) is 0 Å². The zero-order valence-corrected chi connectivity index (χ0v) is 14.7. The van der Waals surface area contributed by atoms with Crippen molar-refractivity contribution in [3.63, 3.8) is 0 Å². The number of nitrogens with one attached hydrogen (secondary N) is 1. The number of nitro benzene ring substituents is 1. The van der Waals surface area contributed by atoms with Crippen LogP contribution in [0.5, 0.6) is 0 Å². The molecule has 2 rings (SSSR count). The molecule has 1 heterocycles. The van der Waals surface area contributed by atoms with Gasteiger partial charge >= 0.3 is 0 Å². The largest absolute Gasteiger partial charge is 0.389 e. The van der Waals surface area contributed by atoms with Gasteiger partial charge in [0.2, 0.25) is 10.0 Å². The normalized spacial score (nSPS) is 16.8. The first-order valence-electron chi connectivity index (χ1n) is 7.86. The fourth-order valence-corrected chi connectivity index (χ4v) is 4.08. The van der Waals surface area contributed by atoms with Crippen molar-refractivity contribution in [1.29, 1.82) is 0 Å². The van der Waals surface area contributed by atoms with Gasteiger partial charge in [-0.05, 0) is 38.8 Å². The lowest BCUT2D eigenvalue weighted by Crippen LogP contribution is -2.35. The molecule has 0 saturated carbocycles. The van der Waals surface area contributed by atoms with Crippen LogP contribution in [0.15, 0.2) is 23.1 Å². The Hall–Kier alpha value is -1.71. The van der Waals surface area contributed by atoms with Crippen LogP contribution in [0, 0.1) is 10.1 Å². The first-order chi connectivity index (χ1) is 11.1. The fourth-order valence-electron chi connectivity index (χ4n) is 2.54. The summed E-state index contributed by atoms with van der Waals surface area (Å²) in [6.07, 6.45) is 2.59. The lowest BCUT2D eigenvalue weighted by atomic mass is 10.1. The number of aliphatic hydroxyl groups is 1. The average molecular weight is 357 g/mol. The van der Waals surface area contributed by atoms with E-state index >= 15 is 0 Å². The molecule has 1 aromatic rings. The van der Waals surface area contributed by atoms with E-state index in [1.807, 2.05) is 0 Å². The molecule has 1 aliphatic rings. The van der Waals surface area contributed by atoms with Crippen molar-refractivity contribution in [2.45, 2.75) is 43.6 Å². The number of benzene rings is 1. The summed E-state index contributed by atoms with van der Waals surface area (Å²) in [5, 5.41) is 23.8. The summed E-state index contributed by atoms with van der Waals surface area (Å²) in [6.45, 7) is 4.12. The van der Waals surface area contributed by atoms with E-state index in [4.69, 9.17) is 0 Å². The number of anilines is 1. The average Bonchev–Trinajstić information content (AvgIpc) is 2.52. The Bertz CT molecular complexity index is 706. The van der Waals surface area contributed by atoms with E-state index in [2.05, 4.69) is 5.32 Å². The zero-order chi connectivity index (χ0) is 18.0. The van der Waals surface area contributed by atoms with Crippen LogP contribution in [0.3, 0.4) is 0 Å². The Morgan fingerprint density at radius 1 is 1.29 bits per heavy atom. The lowest BCUT2D eigenvalue weighted by Gasteiger charge is -2.26. The fraction of sp³-hybridized carbons (Fsp3) is 0.600. The van der Waals surface area contributed by atoms with Crippen LogP contribution in [0.1, 0.15) is 33.1 Å². The van der Waals surface area contributed by atoms with Gasteiger partial charge in [-0.1, -0.05) is 6.42 Å². The van der Waals surface area contributed by atoms with Crippen LogP contribution in [0.4, 0.5) is 11.4 Å². The number of rotatable bonds is 6. The minimum Gasteiger partial charge on any atom is -0.389 e. The van der Waals surface area contributed by atoms with Gasteiger partial charge in [0.1, 0.15) is 5.69 Å². The molecule has 8 nitrogen and oxygen atoms in total. The molecule has 24 heavy (non-hydrogen) atoms. The molecule has 0 bridgehead atoms. The lowest BCUT2D eigenvalue weighted by molar-refractivity contribution is -0.384. The van der Waals surface area contributed by atoms with Crippen molar-refractivity contribution < 1.29 is 18.4 Å². The maximum Gasteiger partial charge on any atom is 0.293 e. The van der Waals surface area contributed by atoms with E-state index in [9.17, 15) is 23.6 Å². The molecule has 2 N–H and O–H groups in total. The third-order valence-electron chi connectivity index (χ3n) is 3.83. The molecule has 1 fully saturated rings. The second-order valence-corrected chi connectivity index (χ2v) is 8.50. The van der Waals surface area contributed by atoms with Gasteiger partial charge in [-0.2, -0.15) is 4.31 Å². The van der Waals surface area contributed by atoms with Crippen molar-refractivity contribution in [2.75, 3.05) is 25.0 Å². The summed E-state index contributed by atoms with van der Waals surface area (Å²) < 4.78 is 26.6. The van der Waals surface area contributed by atoms with Gasteiger partial charge in [0.25, 0.3) is 5.69 Å². The number of nitro groups is 1. The smallest absolute Gasteiger partial charge is 0.293 e. The maximum atomic E-state index is 12.6. The van der Waals surface area contributed by atoms with E-state index in [0.717, 1.165) is 25.3 Å². The van der Waals surface area contributed by atoms with Gasteiger partial charge < -0.3 is 10.4 Å². The summed E-state index contributed by atoms with van der Waals surface area (Å²) in [5.74, 6) is 0. The van der Waals surface area contributed by atoms with Crippen LogP contribution in [0.2, 0.25) is 0 Å². The quantitative estimate of drug-likeness (QED) is 0.594. The molecule has 0 aromatic heterocycles. The minimum atomic E-state index is -3.73. The Kier molecular flexibility index (Phi) is 5.46. The van der Waals surface area contributed by atoms with Crippen LogP contribution in [-0.2, 0) is 10.0 Å². The molecule has 0 amide bonds. The molecule has 0 atom stereocenters. The predicted octanol–water partition coefficient (Wildman–Crippen LogP) is 1.95. The number of sulfonamides is 1. The maximum absolute atomic E-state index is 12.6. The van der Waals surface area contributed by atoms with Gasteiger partial charge in [0.15, 0.2) is 0 Å². The number of nitrogens with zero attached hydrogens (tertiary/aromatic N) is 2. The molecule has 1 aromatic carbocycles. The third-order valence-corrected chi connectivity index (χ3v) is 5.72. The van der Waals surface area contributed by atoms with Crippen LogP contribution in [-0.4, -0.2) is 48.0 Å². The highest BCUT2D eigenvalue weighted by molar-refractivity contribution is 7.89. The summed E-state index contributed by atoms with van der Waals surface area (Å²) in [5.41, 5.74) is -1.19. The van der Waals surface area contributed by atoms with Gasteiger partial charge in [0, 0.05) is 25.7 Å². The minimum absolute atomic E-state index is 0.0788. The van der Waals surface area contributed by atoms with Gasteiger partial charge in [-0.3, -0.25) is 10.1 Å². The van der Waals surface area contributed by atoms with E-state index in [1.54, 1.807) is 13.8 Å². The molecule has 0 unspecified atom stereocenters. The standard InChI is InChI=1S/C15H23N3O5S/c1-15(2,19)11-16-13-7-6-12(10-14(13)18(20)21)24(22,23)17-8-4-3-5-9-17/h6-7,10,16,19H,3-5,8-9,11H2,1-2H3. The monoisotopic (exact) mass is 357 g/mol. The number of piperidine rings is 1. The van der Waals surface area contributed by atoms with Crippen molar-refractivity contribution in [3.05, 3.63) is 28.3 Å². The van der Waals surface area contributed by atoms with E-state index < -0.39 is 20.5 Å². The third kappa shape index (κ3) is 4.43. The van der Waals surface area contributed by atoms with Gasteiger partial charge in [0.05, 0.1) is 15.4 Å². The Morgan fingerprint density at radius 3 is 2.46 bits per heavy atom. The first-order valence-corrected chi connectivity index (χ1v) is 9.30. The van der Waals surface area contributed by atoms with Crippen molar-refractivity contribution in [3.8, 4) is 0 Å². The van der Waals surface area contributed by atoms with Crippen molar-refractivity contribution in [2.24, 2.45) is 0 Å². The molecule has 9 heteroatoms. The molecule has 0 aliphatic carbocycles.